The molecule has 2 heteroatoms. The zero-order chi connectivity index (χ0) is 22.3. The molecule has 0 spiro atoms. The van der Waals surface area contributed by atoms with Gasteiger partial charge in [0.05, 0.1) is 0 Å². The lowest BCUT2D eigenvalue weighted by atomic mass is 9.97. The topological polar surface area (TPSA) is 0 Å². The highest BCUT2D eigenvalue weighted by atomic mass is 35.5. The predicted molar refractivity (Wildman–Crippen MR) is 135 cm³/mol. The molecule has 0 aliphatic rings. The van der Waals surface area contributed by atoms with Crippen LogP contribution in [0.1, 0.15) is 47.6 Å². The maximum atomic E-state index is 15.1. The summed E-state index contributed by atoms with van der Waals surface area (Å²) < 4.78 is 15.1. The fourth-order valence-electron chi connectivity index (χ4n) is 4.21. The highest BCUT2D eigenvalue weighted by Gasteiger charge is 2.09. The van der Waals surface area contributed by atoms with Crippen LogP contribution in [0.2, 0.25) is 5.02 Å². The van der Waals surface area contributed by atoms with Crippen molar-refractivity contribution in [2.75, 3.05) is 0 Å². The Labute approximate surface area is 196 Å². The lowest BCUT2D eigenvalue weighted by molar-refractivity contribution is 0.620. The molecule has 0 aromatic heterocycles. The average molecular weight is 445 g/mol. The van der Waals surface area contributed by atoms with Gasteiger partial charge in [0.2, 0.25) is 0 Å². The fourth-order valence-corrected chi connectivity index (χ4v) is 4.33. The normalized spacial score (nSPS) is 11.2. The third-order valence-electron chi connectivity index (χ3n) is 6.24. The largest absolute Gasteiger partial charge is 0.206 e. The minimum Gasteiger partial charge on any atom is -0.206 e. The van der Waals surface area contributed by atoms with E-state index in [1.807, 2.05) is 36.4 Å². The quantitative estimate of drug-likeness (QED) is 0.242. The van der Waals surface area contributed by atoms with Crippen molar-refractivity contribution in [3.8, 4) is 0 Å². The SMILES string of the molecule is CCCCc1ccc(CCc2ccc3c(F)c(CCc4ccc(Cl)cc4)ccc3c2)cc1. The summed E-state index contributed by atoms with van der Waals surface area (Å²) in [6, 6.07) is 26.9. The van der Waals surface area contributed by atoms with Crippen LogP contribution >= 0.6 is 11.6 Å². The number of hydrogen-bond donors (Lipinski definition) is 0. The van der Waals surface area contributed by atoms with Crippen molar-refractivity contribution in [3.63, 3.8) is 0 Å². The van der Waals surface area contributed by atoms with Gasteiger partial charge in [0.1, 0.15) is 5.82 Å². The molecule has 4 rings (SSSR count). The Balaban J connectivity index is 1.40. The molecule has 0 N–H and O–H groups in total. The molecule has 0 unspecified atom stereocenters. The maximum absolute atomic E-state index is 15.1. The lowest BCUT2D eigenvalue weighted by Crippen LogP contribution is -1.97. The summed E-state index contributed by atoms with van der Waals surface area (Å²) in [7, 11) is 0. The summed E-state index contributed by atoms with van der Waals surface area (Å²) in [4.78, 5) is 0. The minimum absolute atomic E-state index is 0.0920. The molecule has 0 fully saturated rings. The zero-order valence-electron chi connectivity index (χ0n) is 18.7. The van der Waals surface area contributed by atoms with Gasteiger partial charge in [-0.3, -0.25) is 0 Å². The molecular weight excluding hydrogens is 415 g/mol. The standard InChI is InChI=1S/C30H30ClF/c1-2-3-4-22-5-7-23(8-6-22)9-10-25-14-20-29-27(21-25)17-16-26(30(29)32)15-11-24-12-18-28(31)19-13-24/h5-8,12-14,16-21H,2-4,9-11,15H2,1H3. The van der Waals surface area contributed by atoms with Crippen LogP contribution in [-0.4, -0.2) is 0 Å². The first kappa shape index (κ1) is 22.6. The summed E-state index contributed by atoms with van der Waals surface area (Å²) in [5, 5.41) is 2.42. The van der Waals surface area contributed by atoms with Gasteiger partial charge in [-0.15, -0.1) is 0 Å². The van der Waals surface area contributed by atoms with Crippen LogP contribution in [0.25, 0.3) is 10.8 Å². The molecule has 4 aromatic carbocycles. The molecule has 0 heterocycles. The molecule has 0 nitrogen and oxygen atoms in total. The molecular formula is C30H30ClF. The number of halogens is 2. The Kier molecular flexibility index (Phi) is 7.60. The Morgan fingerprint density at radius 2 is 1.19 bits per heavy atom. The van der Waals surface area contributed by atoms with Crippen molar-refractivity contribution >= 4 is 22.4 Å². The highest BCUT2D eigenvalue weighted by Crippen LogP contribution is 2.24. The number of benzene rings is 4. The summed E-state index contributed by atoms with van der Waals surface area (Å²) >= 11 is 5.95. The van der Waals surface area contributed by atoms with Crippen LogP contribution in [-0.2, 0) is 32.1 Å². The van der Waals surface area contributed by atoms with Crippen LogP contribution in [0.15, 0.2) is 78.9 Å². The van der Waals surface area contributed by atoms with E-state index in [0.717, 1.165) is 41.7 Å². The fraction of sp³-hybridized carbons (Fsp3) is 0.267. The van der Waals surface area contributed by atoms with Gasteiger partial charge in [-0.1, -0.05) is 91.7 Å². The van der Waals surface area contributed by atoms with Crippen LogP contribution in [0.3, 0.4) is 0 Å². The molecule has 0 saturated carbocycles. The van der Waals surface area contributed by atoms with Crippen molar-refractivity contribution in [3.05, 3.63) is 118 Å². The molecule has 0 aliphatic heterocycles. The number of fused-ring (bicyclic) bond motifs is 1. The Hall–Kier alpha value is -2.64. The Morgan fingerprint density at radius 1 is 0.625 bits per heavy atom. The number of aryl methyl sites for hydroxylation is 5. The average Bonchev–Trinajstić information content (AvgIpc) is 2.82. The molecule has 0 amide bonds. The predicted octanol–water partition coefficient (Wildman–Crippen LogP) is 8.55. The third kappa shape index (κ3) is 5.78. The van der Waals surface area contributed by atoms with Gasteiger partial charge in [0, 0.05) is 10.4 Å². The first-order chi connectivity index (χ1) is 15.6. The van der Waals surface area contributed by atoms with Gasteiger partial charge < -0.3 is 0 Å². The Bertz CT molecular complexity index is 1160. The van der Waals surface area contributed by atoms with E-state index in [1.54, 1.807) is 0 Å². The van der Waals surface area contributed by atoms with E-state index in [1.165, 1.54) is 35.1 Å². The molecule has 0 atom stereocenters. The first-order valence-corrected chi connectivity index (χ1v) is 12.0. The summed E-state index contributed by atoms with van der Waals surface area (Å²) in [5.41, 5.74) is 5.96. The van der Waals surface area contributed by atoms with E-state index in [9.17, 15) is 0 Å². The van der Waals surface area contributed by atoms with Crippen molar-refractivity contribution in [1.82, 2.24) is 0 Å². The van der Waals surface area contributed by atoms with Crippen LogP contribution in [0.5, 0.6) is 0 Å². The second-order valence-corrected chi connectivity index (χ2v) is 9.08. The van der Waals surface area contributed by atoms with Crippen molar-refractivity contribution < 1.29 is 4.39 Å². The van der Waals surface area contributed by atoms with Gasteiger partial charge in [-0.05, 0) is 83.9 Å². The van der Waals surface area contributed by atoms with Crippen molar-refractivity contribution in [2.45, 2.75) is 51.9 Å². The second kappa shape index (κ2) is 10.8. The summed E-state index contributed by atoms with van der Waals surface area (Å²) in [5.74, 6) is -0.0920. The zero-order valence-corrected chi connectivity index (χ0v) is 19.5. The first-order valence-electron chi connectivity index (χ1n) is 11.6. The molecule has 0 radical (unpaired) electrons. The van der Waals surface area contributed by atoms with Gasteiger partial charge in [0.25, 0.3) is 0 Å². The number of unbranched alkanes of at least 4 members (excludes halogenated alkanes) is 1. The van der Waals surface area contributed by atoms with E-state index in [0.29, 0.717) is 11.8 Å². The molecule has 4 aromatic rings. The molecule has 0 aliphatic carbocycles. The van der Waals surface area contributed by atoms with E-state index in [2.05, 4.69) is 49.4 Å². The molecule has 0 bridgehead atoms. The summed E-state index contributed by atoms with van der Waals surface area (Å²) in [6.45, 7) is 2.23. The summed E-state index contributed by atoms with van der Waals surface area (Å²) in [6.07, 6.45) is 7.08. The smallest absolute Gasteiger partial charge is 0.134 e. The monoisotopic (exact) mass is 444 g/mol. The number of rotatable bonds is 9. The maximum Gasteiger partial charge on any atom is 0.134 e. The van der Waals surface area contributed by atoms with E-state index in [-0.39, 0.29) is 5.82 Å². The highest BCUT2D eigenvalue weighted by molar-refractivity contribution is 6.30. The number of hydrogen-bond acceptors (Lipinski definition) is 0. The van der Waals surface area contributed by atoms with Crippen LogP contribution < -0.4 is 0 Å². The lowest BCUT2D eigenvalue weighted by Gasteiger charge is -2.09. The third-order valence-corrected chi connectivity index (χ3v) is 6.49. The van der Waals surface area contributed by atoms with Crippen molar-refractivity contribution in [2.24, 2.45) is 0 Å². The van der Waals surface area contributed by atoms with E-state index >= 15 is 4.39 Å². The van der Waals surface area contributed by atoms with Gasteiger partial charge in [-0.2, -0.15) is 0 Å². The van der Waals surface area contributed by atoms with Gasteiger partial charge in [-0.25, -0.2) is 4.39 Å². The van der Waals surface area contributed by atoms with Crippen LogP contribution in [0.4, 0.5) is 4.39 Å². The van der Waals surface area contributed by atoms with Crippen molar-refractivity contribution in [1.29, 1.82) is 0 Å². The second-order valence-electron chi connectivity index (χ2n) is 8.64. The Morgan fingerprint density at radius 3 is 1.88 bits per heavy atom. The minimum atomic E-state index is -0.0920. The van der Waals surface area contributed by atoms with E-state index < -0.39 is 0 Å². The van der Waals surface area contributed by atoms with Gasteiger partial charge in [0.15, 0.2) is 0 Å². The molecule has 0 saturated heterocycles. The molecule has 32 heavy (non-hydrogen) atoms. The molecule has 164 valence electrons. The van der Waals surface area contributed by atoms with E-state index in [4.69, 9.17) is 11.6 Å². The van der Waals surface area contributed by atoms with Crippen LogP contribution in [0, 0.1) is 5.82 Å². The van der Waals surface area contributed by atoms with Gasteiger partial charge >= 0.3 is 0 Å².